The number of halogens is 1. The van der Waals surface area contributed by atoms with Gasteiger partial charge in [0, 0.05) is 19.0 Å². The maximum atomic E-state index is 6.17. The van der Waals surface area contributed by atoms with Crippen LogP contribution in [-0.2, 0) is 4.74 Å². The van der Waals surface area contributed by atoms with Crippen molar-refractivity contribution in [3.05, 3.63) is 0 Å². The Labute approximate surface area is 99.7 Å². The first kappa shape index (κ1) is 15.2. The average molecular weight is 236 g/mol. The van der Waals surface area contributed by atoms with Crippen molar-refractivity contribution >= 4 is 11.6 Å². The molecule has 0 heterocycles. The van der Waals surface area contributed by atoms with Crippen molar-refractivity contribution < 1.29 is 4.74 Å². The molecular weight excluding hydrogens is 210 g/mol. The average Bonchev–Trinajstić information content (AvgIpc) is 2.11. The third kappa shape index (κ3) is 9.16. The number of ether oxygens (including phenoxy) is 1. The molecule has 0 rings (SSSR count). The predicted octanol–water partition coefficient (Wildman–Crippen LogP) is 3.04. The smallest absolute Gasteiger partial charge is 0.0634 e. The van der Waals surface area contributed by atoms with E-state index in [1.54, 1.807) is 7.11 Å². The summed E-state index contributed by atoms with van der Waals surface area (Å²) in [4.78, 5) is 0. The van der Waals surface area contributed by atoms with E-state index in [2.05, 4.69) is 33.0 Å². The van der Waals surface area contributed by atoms with Crippen LogP contribution in [0.4, 0.5) is 0 Å². The minimum Gasteiger partial charge on any atom is -0.379 e. The summed E-state index contributed by atoms with van der Waals surface area (Å²) in [6.45, 7) is 10.4. The first-order valence-electron chi connectivity index (χ1n) is 5.77. The maximum Gasteiger partial charge on any atom is 0.0634 e. The summed E-state index contributed by atoms with van der Waals surface area (Å²) in [5.41, 5.74) is -0.0349. The lowest BCUT2D eigenvalue weighted by Gasteiger charge is -2.23. The minimum absolute atomic E-state index is 0.0349. The molecule has 0 aromatic rings. The van der Waals surface area contributed by atoms with Gasteiger partial charge in [-0.15, -0.1) is 11.6 Å². The van der Waals surface area contributed by atoms with Gasteiger partial charge in [0.1, 0.15) is 0 Å². The predicted molar refractivity (Wildman–Crippen MR) is 67.7 cm³/mol. The maximum absolute atomic E-state index is 6.17. The molecule has 1 unspecified atom stereocenters. The van der Waals surface area contributed by atoms with Crippen LogP contribution in [0.1, 0.15) is 40.5 Å². The van der Waals surface area contributed by atoms with Gasteiger partial charge in [-0.05, 0) is 39.2 Å². The number of alkyl halides is 1. The molecule has 1 atom stereocenters. The Hall–Kier alpha value is 0.210. The van der Waals surface area contributed by atoms with Crippen LogP contribution in [0.2, 0.25) is 0 Å². The molecule has 3 heteroatoms. The molecule has 0 spiro atoms. The molecule has 0 aliphatic rings. The first-order chi connectivity index (χ1) is 6.87. The summed E-state index contributed by atoms with van der Waals surface area (Å²) in [5.74, 6) is 0.671. The van der Waals surface area contributed by atoms with Crippen LogP contribution < -0.4 is 5.32 Å². The topological polar surface area (TPSA) is 21.3 Å². The minimum atomic E-state index is -0.0349. The second kappa shape index (κ2) is 7.48. The number of hydrogen-bond donors (Lipinski definition) is 1. The summed E-state index contributed by atoms with van der Waals surface area (Å²) < 4.78 is 5.34. The largest absolute Gasteiger partial charge is 0.379 e. The molecule has 0 fully saturated rings. The summed E-state index contributed by atoms with van der Waals surface area (Å²) >= 11 is 6.17. The monoisotopic (exact) mass is 235 g/mol. The molecule has 1 N–H and O–H groups in total. The van der Waals surface area contributed by atoms with Crippen LogP contribution in [-0.4, -0.2) is 31.2 Å². The molecule has 0 aromatic heterocycles. The van der Waals surface area contributed by atoms with Crippen LogP contribution in [0.3, 0.4) is 0 Å². The second-order valence-electron chi connectivity index (χ2n) is 5.14. The van der Waals surface area contributed by atoms with Gasteiger partial charge in [-0.1, -0.05) is 13.8 Å². The van der Waals surface area contributed by atoms with Gasteiger partial charge in [-0.3, -0.25) is 0 Å². The molecule has 0 bridgehead atoms. The van der Waals surface area contributed by atoms with E-state index in [1.165, 1.54) is 0 Å². The van der Waals surface area contributed by atoms with Crippen molar-refractivity contribution in [1.29, 1.82) is 0 Å². The molecule has 0 amide bonds. The number of nitrogens with one attached hydrogen (secondary N) is 1. The number of methoxy groups -OCH3 is 1. The summed E-state index contributed by atoms with van der Waals surface area (Å²) in [5, 5.41) is 3.61. The van der Waals surface area contributed by atoms with Gasteiger partial charge in [0.15, 0.2) is 0 Å². The van der Waals surface area contributed by atoms with Crippen LogP contribution in [0.25, 0.3) is 0 Å². The molecule has 15 heavy (non-hydrogen) atoms. The Morgan fingerprint density at radius 2 is 1.93 bits per heavy atom. The Balaban J connectivity index is 3.46. The highest BCUT2D eigenvalue weighted by Crippen LogP contribution is 2.12. The zero-order chi connectivity index (χ0) is 11.9. The highest BCUT2D eigenvalue weighted by Gasteiger charge is 2.15. The zero-order valence-electron chi connectivity index (χ0n) is 10.8. The fourth-order valence-electron chi connectivity index (χ4n) is 1.35. The molecular formula is C12H26ClNO. The Kier molecular flexibility index (Phi) is 7.58. The van der Waals surface area contributed by atoms with Gasteiger partial charge in [0.05, 0.1) is 5.60 Å². The highest BCUT2D eigenvalue weighted by atomic mass is 35.5. The first-order valence-corrected chi connectivity index (χ1v) is 6.21. The lowest BCUT2D eigenvalue weighted by Crippen LogP contribution is -2.31. The molecule has 0 aliphatic carbocycles. The number of hydrogen-bond acceptors (Lipinski definition) is 2. The van der Waals surface area contributed by atoms with Crippen LogP contribution in [0.5, 0.6) is 0 Å². The van der Waals surface area contributed by atoms with E-state index in [9.17, 15) is 0 Å². The van der Waals surface area contributed by atoms with Crippen molar-refractivity contribution in [1.82, 2.24) is 5.32 Å². The molecule has 0 saturated heterocycles. The van der Waals surface area contributed by atoms with E-state index < -0.39 is 0 Å². The van der Waals surface area contributed by atoms with Gasteiger partial charge < -0.3 is 10.1 Å². The standard InChI is InChI=1S/C12H26ClNO/c1-10(2)8-11(13)9-14-7-6-12(3,4)15-5/h10-11,14H,6-9H2,1-5H3. The molecule has 0 radical (unpaired) electrons. The van der Waals surface area contributed by atoms with Crippen LogP contribution >= 0.6 is 11.6 Å². The van der Waals surface area contributed by atoms with E-state index in [4.69, 9.17) is 16.3 Å². The quantitative estimate of drug-likeness (QED) is 0.516. The van der Waals surface area contributed by atoms with Gasteiger partial charge >= 0.3 is 0 Å². The Bertz CT molecular complexity index is 160. The summed E-state index contributed by atoms with van der Waals surface area (Å²) in [6.07, 6.45) is 2.08. The van der Waals surface area contributed by atoms with E-state index in [1.807, 2.05) is 0 Å². The van der Waals surface area contributed by atoms with Crippen molar-refractivity contribution in [3.63, 3.8) is 0 Å². The lowest BCUT2D eigenvalue weighted by atomic mass is 10.1. The van der Waals surface area contributed by atoms with Crippen molar-refractivity contribution in [2.75, 3.05) is 20.2 Å². The normalized spacial score (nSPS) is 14.6. The van der Waals surface area contributed by atoms with Crippen LogP contribution in [0.15, 0.2) is 0 Å². The molecule has 92 valence electrons. The highest BCUT2D eigenvalue weighted by molar-refractivity contribution is 6.20. The van der Waals surface area contributed by atoms with Gasteiger partial charge in [0.2, 0.25) is 0 Å². The molecule has 0 aliphatic heterocycles. The van der Waals surface area contributed by atoms with Gasteiger partial charge in [-0.25, -0.2) is 0 Å². The van der Waals surface area contributed by atoms with E-state index in [0.29, 0.717) is 5.92 Å². The van der Waals surface area contributed by atoms with Crippen molar-refractivity contribution in [2.45, 2.75) is 51.5 Å². The van der Waals surface area contributed by atoms with Crippen LogP contribution in [0, 0.1) is 5.92 Å². The van der Waals surface area contributed by atoms with Gasteiger partial charge in [-0.2, -0.15) is 0 Å². The van der Waals surface area contributed by atoms with Crippen molar-refractivity contribution in [3.8, 4) is 0 Å². The number of rotatable bonds is 8. The molecule has 0 saturated carbocycles. The van der Waals surface area contributed by atoms with E-state index >= 15 is 0 Å². The Morgan fingerprint density at radius 1 is 1.33 bits per heavy atom. The fourth-order valence-corrected chi connectivity index (χ4v) is 1.81. The third-order valence-corrected chi connectivity index (χ3v) is 2.88. The third-order valence-electron chi connectivity index (χ3n) is 2.55. The lowest BCUT2D eigenvalue weighted by molar-refractivity contribution is 0.0159. The SMILES string of the molecule is COC(C)(C)CCNCC(Cl)CC(C)C. The summed E-state index contributed by atoms with van der Waals surface area (Å²) in [6, 6.07) is 0. The van der Waals surface area contributed by atoms with Crippen molar-refractivity contribution in [2.24, 2.45) is 5.92 Å². The molecule has 2 nitrogen and oxygen atoms in total. The van der Waals surface area contributed by atoms with E-state index in [-0.39, 0.29) is 11.0 Å². The van der Waals surface area contributed by atoms with Gasteiger partial charge in [0.25, 0.3) is 0 Å². The molecule has 0 aromatic carbocycles. The summed E-state index contributed by atoms with van der Waals surface area (Å²) in [7, 11) is 1.75. The van der Waals surface area contributed by atoms with E-state index in [0.717, 1.165) is 25.9 Å². The Morgan fingerprint density at radius 3 is 2.40 bits per heavy atom. The second-order valence-corrected chi connectivity index (χ2v) is 5.76. The zero-order valence-corrected chi connectivity index (χ0v) is 11.5. The fraction of sp³-hybridized carbons (Fsp3) is 1.00.